The standard InChI is InChI=1S/C17H16N2O/c1-13-11-17(19-18-13)20-12-14-7-9-16(10-8-14)15-5-3-2-4-6-15/h2-11H,12H2,1H3,(H,18,19). The van der Waals surface area contributed by atoms with Gasteiger partial charge in [-0.25, -0.2) is 0 Å². The topological polar surface area (TPSA) is 37.9 Å². The molecule has 1 heterocycles. The minimum absolute atomic E-state index is 0.527. The predicted molar refractivity (Wildman–Crippen MR) is 79.5 cm³/mol. The van der Waals surface area contributed by atoms with Crippen molar-refractivity contribution in [1.82, 2.24) is 10.2 Å². The molecule has 3 aromatic rings. The number of rotatable bonds is 4. The van der Waals surface area contributed by atoms with Crippen molar-refractivity contribution < 1.29 is 4.74 Å². The van der Waals surface area contributed by atoms with Gasteiger partial charge in [-0.2, -0.15) is 0 Å². The van der Waals surface area contributed by atoms with Gasteiger partial charge in [-0.05, 0) is 23.6 Å². The number of aromatic amines is 1. The van der Waals surface area contributed by atoms with E-state index in [0.717, 1.165) is 11.3 Å². The molecule has 0 radical (unpaired) electrons. The number of benzene rings is 2. The summed E-state index contributed by atoms with van der Waals surface area (Å²) in [6, 6.07) is 20.6. The number of nitrogens with zero attached hydrogens (tertiary/aromatic N) is 1. The fourth-order valence-corrected chi connectivity index (χ4v) is 2.05. The van der Waals surface area contributed by atoms with E-state index in [1.807, 2.05) is 31.2 Å². The van der Waals surface area contributed by atoms with E-state index in [1.54, 1.807) is 0 Å². The molecule has 0 fully saturated rings. The molecule has 0 bridgehead atoms. The molecule has 3 nitrogen and oxygen atoms in total. The molecule has 0 atom stereocenters. The van der Waals surface area contributed by atoms with Gasteiger partial charge < -0.3 is 4.74 Å². The number of hydrogen-bond donors (Lipinski definition) is 1. The van der Waals surface area contributed by atoms with Gasteiger partial charge in [0.2, 0.25) is 5.88 Å². The zero-order valence-corrected chi connectivity index (χ0v) is 11.3. The molecule has 0 unspecified atom stereocenters. The Hall–Kier alpha value is -2.55. The first-order chi connectivity index (χ1) is 9.81. The van der Waals surface area contributed by atoms with Gasteiger partial charge in [-0.1, -0.05) is 54.6 Å². The second kappa shape index (κ2) is 5.61. The van der Waals surface area contributed by atoms with E-state index in [4.69, 9.17) is 4.74 Å². The second-order valence-electron chi connectivity index (χ2n) is 4.74. The van der Waals surface area contributed by atoms with Gasteiger partial charge in [0.25, 0.3) is 0 Å². The molecule has 0 amide bonds. The third-order valence-electron chi connectivity index (χ3n) is 3.13. The van der Waals surface area contributed by atoms with Crippen molar-refractivity contribution in [2.45, 2.75) is 13.5 Å². The summed E-state index contributed by atoms with van der Waals surface area (Å²) in [4.78, 5) is 0. The fraction of sp³-hybridized carbons (Fsp3) is 0.118. The van der Waals surface area contributed by atoms with E-state index >= 15 is 0 Å². The van der Waals surface area contributed by atoms with Gasteiger partial charge >= 0.3 is 0 Å². The summed E-state index contributed by atoms with van der Waals surface area (Å²) in [7, 11) is 0. The molecule has 0 saturated carbocycles. The lowest BCUT2D eigenvalue weighted by Gasteiger charge is -2.05. The Kier molecular flexibility index (Phi) is 3.50. The second-order valence-corrected chi connectivity index (χ2v) is 4.74. The van der Waals surface area contributed by atoms with E-state index in [0.29, 0.717) is 12.5 Å². The highest BCUT2D eigenvalue weighted by atomic mass is 16.5. The van der Waals surface area contributed by atoms with E-state index < -0.39 is 0 Å². The van der Waals surface area contributed by atoms with Crippen molar-refractivity contribution in [3.05, 3.63) is 71.9 Å². The van der Waals surface area contributed by atoms with Crippen molar-refractivity contribution in [2.75, 3.05) is 0 Å². The number of H-pyrrole nitrogens is 1. The lowest BCUT2D eigenvalue weighted by Crippen LogP contribution is -1.95. The lowest BCUT2D eigenvalue weighted by atomic mass is 10.0. The number of ether oxygens (including phenoxy) is 1. The third kappa shape index (κ3) is 2.88. The average Bonchev–Trinajstić information content (AvgIpc) is 2.92. The highest BCUT2D eigenvalue weighted by Gasteiger charge is 2.01. The van der Waals surface area contributed by atoms with Crippen LogP contribution in [0, 0.1) is 6.92 Å². The largest absolute Gasteiger partial charge is 0.472 e. The van der Waals surface area contributed by atoms with Crippen LogP contribution in [0.25, 0.3) is 11.1 Å². The minimum Gasteiger partial charge on any atom is -0.472 e. The van der Waals surface area contributed by atoms with Crippen molar-refractivity contribution in [3.63, 3.8) is 0 Å². The summed E-state index contributed by atoms with van der Waals surface area (Å²) >= 11 is 0. The summed E-state index contributed by atoms with van der Waals surface area (Å²) in [5, 5.41) is 6.91. The van der Waals surface area contributed by atoms with E-state index in [1.165, 1.54) is 11.1 Å². The Labute approximate surface area is 118 Å². The Morgan fingerprint density at radius 3 is 2.30 bits per heavy atom. The smallest absolute Gasteiger partial charge is 0.233 e. The summed E-state index contributed by atoms with van der Waals surface area (Å²) in [6.07, 6.45) is 0. The fourth-order valence-electron chi connectivity index (χ4n) is 2.05. The van der Waals surface area contributed by atoms with Crippen LogP contribution >= 0.6 is 0 Å². The molecule has 0 aliphatic heterocycles. The quantitative estimate of drug-likeness (QED) is 0.774. The Morgan fingerprint density at radius 1 is 0.950 bits per heavy atom. The Morgan fingerprint density at radius 2 is 1.65 bits per heavy atom. The maximum atomic E-state index is 5.62. The van der Waals surface area contributed by atoms with Crippen LogP contribution in [0.5, 0.6) is 5.88 Å². The normalized spacial score (nSPS) is 10.4. The van der Waals surface area contributed by atoms with E-state index in [-0.39, 0.29) is 0 Å². The lowest BCUT2D eigenvalue weighted by molar-refractivity contribution is 0.293. The van der Waals surface area contributed by atoms with Gasteiger partial charge in [0.1, 0.15) is 6.61 Å². The molecule has 3 rings (SSSR count). The summed E-state index contributed by atoms with van der Waals surface area (Å²) in [6.45, 7) is 2.48. The Balaban J connectivity index is 1.67. The average molecular weight is 264 g/mol. The van der Waals surface area contributed by atoms with Crippen LogP contribution in [0.15, 0.2) is 60.7 Å². The van der Waals surface area contributed by atoms with Crippen LogP contribution in [0.4, 0.5) is 0 Å². The minimum atomic E-state index is 0.527. The number of nitrogens with one attached hydrogen (secondary N) is 1. The van der Waals surface area contributed by atoms with Crippen LogP contribution in [-0.4, -0.2) is 10.2 Å². The molecular weight excluding hydrogens is 248 g/mol. The van der Waals surface area contributed by atoms with Crippen LogP contribution in [0.2, 0.25) is 0 Å². The van der Waals surface area contributed by atoms with E-state index in [2.05, 4.69) is 46.6 Å². The molecule has 0 aliphatic carbocycles. The molecule has 1 aromatic heterocycles. The van der Waals surface area contributed by atoms with Crippen molar-refractivity contribution in [1.29, 1.82) is 0 Å². The Bertz CT molecular complexity index is 672. The van der Waals surface area contributed by atoms with Crippen molar-refractivity contribution >= 4 is 0 Å². The van der Waals surface area contributed by atoms with Crippen LogP contribution in [0.1, 0.15) is 11.3 Å². The molecule has 0 aliphatic rings. The van der Waals surface area contributed by atoms with Crippen molar-refractivity contribution in [3.8, 4) is 17.0 Å². The number of aryl methyl sites for hydroxylation is 1. The van der Waals surface area contributed by atoms with Gasteiger partial charge in [0, 0.05) is 11.8 Å². The third-order valence-corrected chi connectivity index (χ3v) is 3.13. The first-order valence-electron chi connectivity index (χ1n) is 6.60. The number of hydrogen-bond acceptors (Lipinski definition) is 2. The summed E-state index contributed by atoms with van der Waals surface area (Å²) < 4.78 is 5.62. The number of aromatic nitrogens is 2. The van der Waals surface area contributed by atoms with Crippen LogP contribution in [-0.2, 0) is 6.61 Å². The zero-order valence-electron chi connectivity index (χ0n) is 11.3. The van der Waals surface area contributed by atoms with Gasteiger partial charge in [-0.3, -0.25) is 5.10 Å². The highest BCUT2D eigenvalue weighted by Crippen LogP contribution is 2.19. The zero-order chi connectivity index (χ0) is 13.8. The first-order valence-corrected chi connectivity index (χ1v) is 6.60. The highest BCUT2D eigenvalue weighted by molar-refractivity contribution is 5.63. The van der Waals surface area contributed by atoms with Gasteiger partial charge in [0.15, 0.2) is 0 Å². The van der Waals surface area contributed by atoms with Crippen LogP contribution < -0.4 is 4.74 Å². The van der Waals surface area contributed by atoms with E-state index in [9.17, 15) is 0 Å². The molecule has 20 heavy (non-hydrogen) atoms. The molecule has 100 valence electrons. The monoisotopic (exact) mass is 264 g/mol. The summed E-state index contributed by atoms with van der Waals surface area (Å²) in [5.74, 6) is 0.634. The van der Waals surface area contributed by atoms with Crippen LogP contribution in [0.3, 0.4) is 0 Å². The molecular formula is C17H16N2O. The maximum absolute atomic E-state index is 5.62. The summed E-state index contributed by atoms with van der Waals surface area (Å²) in [5.41, 5.74) is 4.57. The maximum Gasteiger partial charge on any atom is 0.233 e. The van der Waals surface area contributed by atoms with Gasteiger partial charge in [0.05, 0.1) is 0 Å². The molecule has 0 saturated heterocycles. The predicted octanol–water partition coefficient (Wildman–Crippen LogP) is 3.96. The van der Waals surface area contributed by atoms with Gasteiger partial charge in [-0.15, -0.1) is 5.10 Å². The van der Waals surface area contributed by atoms with Crippen molar-refractivity contribution in [2.24, 2.45) is 0 Å². The molecule has 2 aromatic carbocycles. The molecule has 0 spiro atoms. The first kappa shape index (κ1) is 12.5. The molecule has 3 heteroatoms. The molecule has 1 N–H and O–H groups in total. The SMILES string of the molecule is Cc1cc(OCc2ccc(-c3ccccc3)cc2)n[nH]1.